The highest BCUT2D eigenvalue weighted by atomic mass is 35.5. The van der Waals surface area contributed by atoms with Crippen molar-refractivity contribution in [2.24, 2.45) is 0 Å². The first-order valence-electron chi connectivity index (χ1n) is 5.77. The first-order valence-corrected chi connectivity index (χ1v) is 7.47. The summed E-state index contributed by atoms with van der Waals surface area (Å²) in [5.74, 6) is 0.00197. The van der Waals surface area contributed by atoms with E-state index in [1.54, 1.807) is 30.3 Å². The Morgan fingerprint density at radius 3 is 2.80 bits per heavy atom. The summed E-state index contributed by atoms with van der Waals surface area (Å²) in [6.45, 7) is 0. The second-order valence-corrected chi connectivity index (χ2v) is 5.93. The van der Waals surface area contributed by atoms with Crippen molar-refractivity contribution in [3.63, 3.8) is 0 Å². The topological polar surface area (TPSA) is 52.3 Å². The molecule has 2 aromatic rings. The van der Waals surface area contributed by atoms with E-state index in [1.807, 2.05) is 0 Å². The molecule has 2 aromatic carbocycles. The van der Waals surface area contributed by atoms with E-state index >= 15 is 0 Å². The van der Waals surface area contributed by atoms with Gasteiger partial charge in [-0.1, -0.05) is 23.7 Å². The molecule has 1 unspecified atom stereocenters. The summed E-state index contributed by atoms with van der Waals surface area (Å²) >= 11 is 5.70. The average Bonchev–Trinajstić information content (AvgIpc) is 2.44. The number of nitrogen functional groups attached to an aromatic ring is 1. The first-order chi connectivity index (χ1) is 9.52. The van der Waals surface area contributed by atoms with Gasteiger partial charge >= 0.3 is 0 Å². The fourth-order valence-electron chi connectivity index (χ4n) is 1.72. The Morgan fingerprint density at radius 1 is 1.35 bits per heavy atom. The molecule has 0 amide bonds. The number of hydrogen-bond acceptors (Lipinski definition) is 3. The molecule has 0 aliphatic heterocycles. The van der Waals surface area contributed by atoms with E-state index in [-0.39, 0.29) is 16.3 Å². The number of hydrogen-bond donors (Lipinski definition) is 1. The Labute approximate surface area is 124 Å². The summed E-state index contributed by atoms with van der Waals surface area (Å²) in [6.07, 6.45) is 0. The van der Waals surface area contributed by atoms with Gasteiger partial charge in [-0.05, 0) is 24.3 Å². The molecule has 0 saturated carbocycles. The number of halogens is 2. The molecular formula is C14H13ClFNO2S. The van der Waals surface area contributed by atoms with E-state index in [4.69, 9.17) is 22.1 Å². The fraction of sp³-hybridized carbons (Fsp3) is 0.143. The van der Waals surface area contributed by atoms with Crippen LogP contribution >= 0.6 is 11.6 Å². The second-order valence-electron chi connectivity index (χ2n) is 4.11. The largest absolute Gasteiger partial charge is 0.497 e. The van der Waals surface area contributed by atoms with Crippen LogP contribution in [0.4, 0.5) is 10.1 Å². The van der Waals surface area contributed by atoms with Crippen LogP contribution in [0.5, 0.6) is 5.75 Å². The molecule has 0 heterocycles. The van der Waals surface area contributed by atoms with Gasteiger partial charge < -0.3 is 10.5 Å². The molecule has 20 heavy (non-hydrogen) atoms. The average molecular weight is 314 g/mol. The van der Waals surface area contributed by atoms with E-state index in [1.165, 1.54) is 13.2 Å². The van der Waals surface area contributed by atoms with Crippen LogP contribution in [0.15, 0.2) is 41.3 Å². The Kier molecular flexibility index (Phi) is 4.62. The highest BCUT2D eigenvalue weighted by Gasteiger charge is 2.14. The molecule has 0 fully saturated rings. The maximum Gasteiger partial charge on any atom is 0.145 e. The van der Waals surface area contributed by atoms with Crippen LogP contribution in [0.25, 0.3) is 0 Å². The van der Waals surface area contributed by atoms with Crippen LogP contribution in [0.1, 0.15) is 5.56 Å². The van der Waals surface area contributed by atoms with E-state index < -0.39 is 16.6 Å². The fourth-order valence-corrected chi connectivity index (χ4v) is 3.15. The van der Waals surface area contributed by atoms with Gasteiger partial charge in [0.25, 0.3) is 0 Å². The molecule has 0 aliphatic rings. The summed E-state index contributed by atoms with van der Waals surface area (Å²) in [4.78, 5) is 0.420. The zero-order chi connectivity index (χ0) is 14.7. The van der Waals surface area contributed by atoms with Gasteiger partial charge in [-0.25, -0.2) is 4.39 Å². The smallest absolute Gasteiger partial charge is 0.145 e. The van der Waals surface area contributed by atoms with Crippen molar-refractivity contribution in [1.82, 2.24) is 0 Å². The molecule has 0 radical (unpaired) electrons. The van der Waals surface area contributed by atoms with E-state index in [0.717, 1.165) is 0 Å². The Hall–Kier alpha value is -1.59. The molecule has 106 valence electrons. The minimum atomic E-state index is -1.48. The number of benzene rings is 2. The van der Waals surface area contributed by atoms with Gasteiger partial charge in [0.05, 0.1) is 33.6 Å². The molecule has 2 N–H and O–H groups in total. The Bertz CT molecular complexity index is 664. The van der Waals surface area contributed by atoms with Crippen LogP contribution < -0.4 is 10.5 Å². The van der Waals surface area contributed by atoms with Crippen molar-refractivity contribution < 1.29 is 13.3 Å². The number of ether oxygens (including phenoxy) is 1. The molecule has 3 nitrogen and oxygen atoms in total. The van der Waals surface area contributed by atoms with Crippen molar-refractivity contribution in [3.8, 4) is 5.75 Å². The third-order valence-corrected chi connectivity index (χ3v) is 4.49. The molecule has 1 atom stereocenters. The van der Waals surface area contributed by atoms with E-state index in [9.17, 15) is 8.60 Å². The molecule has 0 spiro atoms. The van der Waals surface area contributed by atoms with Gasteiger partial charge in [0.15, 0.2) is 0 Å². The lowest BCUT2D eigenvalue weighted by Gasteiger charge is -2.09. The SMILES string of the molecule is COc1ccc(N)c(S(=O)Cc2cccc(Cl)c2F)c1. The second kappa shape index (κ2) is 6.24. The summed E-state index contributed by atoms with van der Waals surface area (Å²) in [6, 6.07) is 9.50. The van der Waals surface area contributed by atoms with Crippen molar-refractivity contribution in [2.75, 3.05) is 12.8 Å². The van der Waals surface area contributed by atoms with Crippen molar-refractivity contribution >= 4 is 28.1 Å². The maximum atomic E-state index is 13.8. The van der Waals surface area contributed by atoms with E-state index in [2.05, 4.69) is 0 Å². The number of anilines is 1. The third-order valence-electron chi connectivity index (χ3n) is 2.78. The maximum absolute atomic E-state index is 13.8. The van der Waals surface area contributed by atoms with Crippen molar-refractivity contribution in [1.29, 1.82) is 0 Å². The van der Waals surface area contributed by atoms with Crippen LogP contribution in [-0.2, 0) is 16.6 Å². The number of nitrogens with two attached hydrogens (primary N) is 1. The zero-order valence-electron chi connectivity index (χ0n) is 10.7. The quantitative estimate of drug-likeness (QED) is 0.880. The summed E-state index contributed by atoms with van der Waals surface area (Å²) in [7, 11) is 0.0288. The number of methoxy groups -OCH3 is 1. The highest BCUT2D eigenvalue weighted by Crippen LogP contribution is 2.26. The molecule has 0 bridgehead atoms. The van der Waals surface area contributed by atoms with Crippen LogP contribution in [-0.4, -0.2) is 11.3 Å². The lowest BCUT2D eigenvalue weighted by molar-refractivity contribution is 0.413. The van der Waals surface area contributed by atoms with Crippen molar-refractivity contribution in [2.45, 2.75) is 10.6 Å². The molecule has 2 rings (SSSR count). The zero-order valence-corrected chi connectivity index (χ0v) is 12.3. The minimum Gasteiger partial charge on any atom is -0.497 e. The normalized spacial score (nSPS) is 12.2. The summed E-state index contributed by atoms with van der Waals surface area (Å²) in [5, 5.41) is 0.0121. The van der Waals surface area contributed by atoms with Crippen LogP contribution in [0.3, 0.4) is 0 Å². The summed E-state index contributed by atoms with van der Waals surface area (Å²) < 4.78 is 31.2. The summed E-state index contributed by atoms with van der Waals surface area (Å²) in [5.41, 5.74) is 6.47. The molecule has 0 aliphatic carbocycles. The first kappa shape index (κ1) is 14.8. The van der Waals surface area contributed by atoms with Crippen LogP contribution in [0, 0.1) is 5.82 Å². The lowest BCUT2D eigenvalue weighted by Crippen LogP contribution is -2.03. The minimum absolute atomic E-state index is 0.00373. The van der Waals surface area contributed by atoms with Gasteiger partial charge in [-0.2, -0.15) is 0 Å². The van der Waals surface area contributed by atoms with E-state index in [0.29, 0.717) is 16.3 Å². The van der Waals surface area contributed by atoms with Gasteiger partial charge in [0, 0.05) is 11.3 Å². The third kappa shape index (κ3) is 3.11. The monoisotopic (exact) mass is 313 g/mol. The van der Waals surface area contributed by atoms with Gasteiger partial charge in [-0.15, -0.1) is 0 Å². The standard InChI is InChI=1S/C14H13ClFNO2S/c1-19-10-5-6-12(17)13(7-10)20(18)8-9-3-2-4-11(15)14(9)16/h2-7H,8,17H2,1H3. The number of rotatable bonds is 4. The highest BCUT2D eigenvalue weighted by molar-refractivity contribution is 7.84. The molecular weight excluding hydrogens is 301 g/mol. The predicted octanol–water partition coefficient (Wildman–Crippen LogP) is 3.38. The van der Waals surface area contributed by atoms with Gasteiger partial charge in [-0.3, -0.25) is 4.21 Å². The molecule has 6 heteroatoms. The van der Waals surface area contributed by atoms with Crippen molar-refractivity contribution in [3.05, 3.63) is 52.8 Å². The van der Waals surface area contributed by atoms with Gasteiger partial charge in [0.2, 0.25) is 0 Å². The Balaban J connectivity index is 2.30. The predicted molar refractivity (Wildman–Crippen MR) is 78.9 cm³/mol. The van der Waals surface area contributed by atoms with Gasteiger partial charge in [0.1, 0.15) is 11.6 Å². The molecule has 0 saturated heterocycles. The molecule has 0 aromatic heterocycles. The Morgan fingerprint density at radius 2 is 2.10 bits per heavy atom. The van der Waals surface area contributed by atoms with Crippen LogP contribution in [0.2, 0.25) is 5.02 Å². The lowest BCUT2D eigenvalue weighted by atomic mass is 10.2.